The summed E-state index contributed by atoms with van der Waals surface area (Å²) >= 11 is 0. The highest BCUT2D eigenvalue weighted by molar-refractivity contribution is 5.82. The Morgan fingerprint density at radius 3 is 2.67 bits per heavy atom. The molecule has 0 saturated carbocycles. The number of carbonyl (C=O) groups excluding carboxylic acids is 1. The summed E-state index contributed by atoms with van der Waals surface area (Å²) in [6.45, 7) is 7.06. The zero-order valence-corrected chi connectivity index (χ0v) is 13.1. The lowest BCUT2D eigenvalue weighted by molar-refractivity contribution is -0.125. The Bertz CT molecular complexity index is 494. The fraction of sp³-hybridized carbons (Fsp3) is 0.588. The highest BCUT2D eigenvalue weighted by Crippen LogP contribution is 2.22. The van der Waals surface area contributed by atoms with E-state index in [0.29, 0.717) is 6.42 Å². The van der Waals surface area contributed by atoms with Crippen molar-refractivity contribution in [3.8, 4) is 0 Å². The molecule has 116 valence electrons. The molecule has 0 radical (unpaired) electrons. The number of fused-ring (bicyclic) bond motifs is 1. The molecule has 1 aromatic rings. The summed E-state index contributed by atoms with van der Waals surface area (Å²) in [6.07, 6.45) is 1.30. The highest BCUT2D eigenvalue weighted by atomic mass is 16.3. The molecular weight excluding hydrogens is 264 g/mol. The average molecular weight is 290 g/mol. The number of rotatable bonds is 4. The summed E-state index contributed by atoms with van der Waals surface area (Å²) in [5.41, 5.74) is 2.44. The van der Waals surface area contributed by atoms with Gasteiger partial charge in [-0.3, -0.25) is 4.79 Å². The van der Waals surface area contributed by atoms with Crippen LogP contribution in [0.5, 0.6) is 0 Å². The molecule has 0 aliphatic carbocycles. The van der Waals surface area contributed by atoms with E-state index in [1.165, 1.54) is 11.1 Å². The average Bonchev–Trinajstić information content (AvgIpc) is 2.45. The topological polar surface area (TPSA) is 61.4 Å². The lowest BCUT2D eigenvalue weighted by Gasteiger charge is -2.33. The number of aliphatic hydroxyl groups excluding tert-OH is 1. The number of hydrogen-bond donors (Lipinski definition) is 3. The van der Waals surface area contributed by atoms with Gasteiger partial charge in [-0.1, -0.05) is 45.0 Å². The SMILES string of the molecule is CC(C)(C)C(CCO)NC(=O)C1Cc2ccccc2CN1. The molecule has 1 aromatic carbocycles. The molecule has 1 heterocycles. The Kier molecular flexibility index (Phi) is 5.01. The lowest BCUT2D eigenvalue weighted by atomic mass is 9.84. The Labute approximate surface area is 126 Å². The fourth-order valence-corrected chi connectivity index (χ4v) is 2.76. The molecule has 2 atom stereocenters. The normalized spacial score (nSPS) is 19.7. The van der Waals surface area contributed by atoms with Gasteiger partial charge in [-0.2, -0.15) is 0 Å². The van der Waals surface area contributed by atoms with E-state index in [0.717, 1.165) is 13.0 Å². The summed E-state index contributed by atoms with van der Waals surface area (Å²) < 4.78 is 0. The summed E-state index contributed by atoms with van der Waals surface area (Å²) in [6, 6.07) is 8.02. The third-order valence-corrected chi connectivity index (χ3v) is 4.18. The first-order chi connectivity index (χ1) is 9.91. The van der Waals surface area contributed by atoms with Crippen LogP contribution in [0.25, 0.3) is 0 Å². The second-order valence-corrected chi connectivity index (χ2v) is 6.85. The van der Waals surface area contributed by atoms with E-state index in [1.54, 1.807) is 0 Å². The van der Waals surface area contributed by atoms with Gasteiger partial charge in [0.15, 0.2) is 0 Å². The van der Waals surface area contributed by atoms with Crippen LogP contribution >= 0.6 is 0 Å². The van der Waals surface area contributed by atoms with Gasteiger partial charge < -0.3 is 15.7 Å². The zero-order valence-electron chi connectivity index (χ0n) is 13.1. The molecule has 4 heteroatoms. The molecular formula is C17H26N2O2. The largest absolute Gasteiger partial charge is 0.396 e. The molecule has 1 amide bonds. The van der Waals surface area contributed by atoms with E-state index in [1.807, 2.05) is 12.1 Å². The Morgan fingerprint density at radius 2 is 2.05 bits per heavy atom. The molecule has 0 bridgehead atoms. The van der Waals surface area contributed by atoms with Gasteiger partial charge in [0.2, 0.25) is 5.91 Å². The van der Waals surface area contributed by atoms with E-state index in [-0.39, 0.29) is 30.0 Å². The van der Waals surface area contributed by atoms with Gasteiger partial charge in [0.1, 0.15) is 0 Å². The quantitative estimate of drug-likeness (QED) is 0.789. The number of carbonyl (C=O) groups is 1. The van der Waals surface area contributed by atoms with E-state index in [2.05, 4.69) is 43.5 Å². The van der Waals surface area contributed by atoms with Crippen LogP contribution in [0.2, 0.25) is 0 Å². The minimum atomic E-state index is -0.191. The minimum absolute atomic E-state index is 0.0195. The predicted octanol–water partition coefficient (Wildman–Crippen LogP) is 1.61. The third kappa shape index (κ3) is 4.05. The van der Waals surface area contributed by atoms with E-state index in [9.17, 15) is 9.90 Å². The first-order valence-corrected chi connectivity index (χ1v) is 7.63. The Balaban J connectivity index is 2.01. The summed E-state index contributed by atoms with van der Waals surface area (Å²) in [4.78, 5) is 12.5. The van der Waals surface area contributed by atoms with Gasteiger partial charge >= 0.3 is 0 Å². The molecule has 2 rings (SSSR count). The van der Waals surface area contributed by atoms with Crippen molar-refractivity contribution in [2.24, 2.45) is 5.41 Å². The fourth-order valence-electron chi connectivity index (χ4n) is 2.76. The monoisotopic (exact) mass is 290 g/mol. The van der Waals surface area contributed by atoms with Crippen molar-refractivity contribution in [2.45, 2.75) is 52.2 Å². The van der Waals surface area contributed by atoms with Gasteiger partial charge in [0, 0.05) is 19.2 Å². The molecule has 1 aliphatic heterocycles. The summed E-state index contributed by atoms with van der Waals surface area (Å²) in [5, 5.41) is 15.6. The smallest absolute Gasteiger partial charge is 0.237 e. The number of amides is 1. The molecule has 2 unspecified atom stereocenters. The van der Waals surface area contributed by atoms with Crippen molar-refractivity contribution in [1.29, 1.82) is 0 Å². The molecule has 1 aliphatic rings. The van der Waals surface area contributed by atoms with Gasteiger partial charge in [-0.05, 0) is 29.4 Å². The minimum Gasteiger partial charge on any atom is -0.396 e. The van der Waals surface area contributed by atoms with E-state index < -0.39 is 0 Å². The van der Waals surface area contributed by atoms with Crippen molar-refractivity contribution in [2.75, 3.05) is 6.61 Å². The molecule has 3 N–H and O–H groups in total. The third-order valence-electron chi connectivity index (χ3n) is 4.18. The van der Waals surface area contributed by atoms with Crippen molar-refractivity contribution in [3.63, 3.8) is 0 Å². The van der Waals surface area contributed by atoms with Crippen molar-refractivity contribution < 1.29 is 9.90 Å². The molecule has 4 nitrogen and oxygen atoms in total. The van der Waals surface area contributed by atoms with Crippen LogP contribution in [0.4, 0.5) is 0 Å². The second-order valence-electron chi connectivity index (χ2n) is 6.85. The number of aliphatic hydroxyl groups is 1. The van der Waals surface area contributed by atoms with E-state index in [4.69, 9.17) is 0 Å². The molecule has 0 fully saturated rings. The number of hydrogen-bond acceptors (Lipinski definition) is 3. The van der Waals surface area contributed by atoms with Crippen LogP contribution in [0.3, 0.4) is 0 Å². The maximum atomic E-state index is 12.5. The molecule has 21 heavy (non-hydrogen) atoms. The van der Waals surface area contributed by atoms with E-state index >= 15 is 0 Å². The van der Waals surface area contributed by atoms with Crippen LogP contribution in [-0.4, -0.2) is 29.7 Å². The summed E-state index contributed by atoms with van der Waals surface area (Å²) in [7, 11) is 0. The van der Waals surface area contributed by atoms with Crippen molar-refractivity contribution >= 4 is 5.91 Å². The lowest BCUT2D eigenvalue weighted by Crippen LogP contribution is -2.53. The van der Waals surface area contributed by atoms with Crippen LogP contribution < -0.4 is 10.6 Å². The first kappa shape index (κ1) is 16.0. The van der Waals surface area contributed by atoms with Crippen molar-refractivity contribution in [3.05, 3.63) is 35.4 Å². The van der Waals surface area contributed by atoms with Crippen LogP contribution in [-0.2, 0) is 17.8 Å². The first-order valence-electron chi connectivity index (χ1n) is 7.63. The van der Waals surface area contributed by atoms with Gasteiger partial charge in [-0.15, -0.1) is 0 Å². The van der Waals surface area contributed by atoms with Crippen molar-refractivity contribution in [1.82, 2.24) is 10.6 Å². The number of nitrogens with one attached hydrogen (secondary N) is 2. The predicted molar refractivity (Wildman–Crippen MR) is 83.9 cm³/mol. The zero-order chi connectivity index (χ0) is 15.5. The van der Waals surface area contributed by atoms with Crippen LogP contribution in [0, 0.1) is 5.41 Å². The standard InChI is InChI=1S/C17H26N2O2/c1-17(2,3)15(8-9-20)19-16(21)14-10-12-6-4-5-7-13(12)11-18-14/h4-7,14-15,18,20H,8-11H2,1-3H3,(H,19,21). The molecule has 0 spiro atoms. The molecule has 0 saturated heterocycles. The molecule has 0 aromatic heterocycles. The number of benzene rings is 1. The van der Waals surface area contributed by atoms with Gasteiger partial charge in [-0.25, -0.2) is 0 Å². The van der Waals surface area contributed by atoms with Gasteiger partial charge in [0.25, 0.3) is 0 Å². The van der Waals surface area contributed by atoms with Crippen LogP contribution in [0.15, 0.2) is 24.3 Å². The maximum absolute atomic E-state index is 12.5. The second kappa shape index (κ2) is 6.58. The summed E-state index contributed by atoms with van der Waals surface area (Å²) in [5.74, 6) is 0.0258. The van der Waals surface area contributed by atoms with Gasteiger partial charge in [0.05, 0.1) is 6.04 Å². The van der Waals surface area contributed by atoms with Crippen LogP contribution in [0.1, 0.15) is 38.3 Å². The Morgan fingerprint density at radius 1 is 1.38 bits per heavy atom. The highest BCUT2D eigenvalue weighted by Gasteiger charge is 2.30. The maximum Gasteiger partial charge on any atom is 0.237 e. The Hall–Kier alpha value is -1.39.